The van der Waals surface area contributed by atoms with E-state index >= 15 is 0 Å². The third-order valence-corrected chi connectivity index (χ3v) is 6.09. The van der Waals surface area contributed by atoms with Crippen molar-refractivity contribution in [2.75, 3.05) is 25.0 Å². The molecular formula is C20H26N6O3S. The number of nitrogens with zero attached hydrogens (tertiary/aromatic N) is 4. The summed E-state index contributed by atoms with van der Waals surface area (Å²) in [7, 11) is -3.61. The lowest BCUT2D eigenvalue weighted by Crippen LogP contribution is -2.29. The second-order valence-electron chi connectivity index (χ2n) is 6.73. The topological polar surface area (TPSA) is 111 Å². The van der Waals surface area contributed by atoms with Crippen LogP contribution in [0, 0.1) is 20.8 Å². The molecule has 0 spiro atoms. The van der Waals surface area contributed by atoms with Gasteiger partial charge in [-0.3, -0.25) is 4.57 Å². The number of rotatable bonds is 9. The Bertz CT molecular complexity index is 1130. The zero-order chi connectivity index (χ0) is 21.7. The van der Waals surface area contributed by atoms with E-state index in [4.69, 9.17) is 4.74 Å². The first-order valence-corrected chi connectivity index (χ1v) is 11.1. The van der Waals surface area contributed by atoms with Crippen molar-refractivity contribution in [3.63, 3.8) is 0 Å². The molecule has 2 heterocycles. The van der Waals surface area contributed by atoms with Crippen LogP contribution in [0.4, 0.5) is 5.82 Å². The summed E-state index contributed by atoms with van der Waals surface area (Å²) in [5.41, 5.74) is 2.71. The van der Waals surface area contributed by atoms with Crippen molar-refractivity contribution in [3.05, 3.63) is 53.9 Å². The number of nitrogens with one attached hydrogen (secondary N) is 2. The van der Waals surface area contributed by atoms with E-state index in [2.05, 4.69) is 25.0 Å². The van der Waals surface area contributed by atoms with E-state index < -0.39 is 10.0 Å². The molecule has 0 atom stereocenters. The van der Waals surface area contributed by atoms with Gasteiger partial charge in [-0.05, 0) is 51.5 Å². The fraction of sp³-hybridized carbons (Fsp3) is 0.350. The molecule has 0 saturated carbocycles. The summed E-state index contributed by atoms with van der Waals surface area (Å²) >= 11 is 0. The maximum Gasteiger partial charge on any atom is 0.240 e. The summed E-state index contributed by atoms with van der Waals surface area (Å²) in [6.45, 7) is 8.71. The summed E-state index contributed by atoms with van der Waals surface area (Å²) < 4.78 is 35.0. The Morgan fingerprint density at radius 3 is 2.53 bits per heavy atom. The molecule has 0 radical (unpaired) electrons. The maximum atomic E-state index is 12.5. The highest BCUT2D eigenvalue weighted by Crippen LogP contribution is 2.21. The summed E-state index contributed by atoms with van der Waals surface area (Å²) in [4.78, 5) is 12.9. The highest BCUT2D eigenvalue weighted by atomic mass is 32.2. The predicted octanol–water partition coefficient (Wildman–Crippen LogP) is 2.38. The molecular weight excluding hydrogens is 404 g/mol. The average Bonchev–Trinajstić information content (AvgIpc) is 3.06. The number of benzene rings is 1. The van der Waals surface area contributed by atoms with Crippen LogP contribution in [-0.2, 0) is 10.0 Å². The summed E-state index contributed by atoms with van der Waals surface area (Å²) in [6.07, 6.45) is 3.17. The third-order valence-electron chi connectivity index (χ3n) is 4.63. The minimum absolute atomic E-state index is 0.205. The number of imidazole rings is 1. The van der Waals surface area contributed by atoms with Crippen molar-refractivity contribution in [1.82, 2.24) is 24.2 Å². The van der Waals surface area contributed by atoms with Crippen LogP contribution in [0.25, 0.3) is 5.82 Å². The van der Waals surface area contributed by atoms with Gasteiger partial charge in [-0.2, -0.15) is 0 Å². The van der Waals surface area contributed by atoms with Gasteiger partial charge < -0.3 is 10.1 Å². The molecule has 0 fully saturated rings. The molecule has 1 aromatic carbocycles. The third kappa shape index (κ3) is 4.95. The molecule has 2 aromatic heterocycles. The molecule has 0 bridgehead atoms. The first-order chi connectivity index (χ1) is 14.3. The Labute approximate surface area is 176 Å². The van der Waals surface area contributed by atoms with Gasteiger partial charge in [-0.1, -0.05) is 0 Å². The van der Waals surface area contributed by atoms with Crippen LogP contribution < -0.4 is 14.8 Å². The number of sulfonamides is 1. The maximum absolute atomic E-state index is 12.5. The highest BCUT2D eigenvalue weighted by molar-refractivity contribution is 7.89. The molecule has 30 heavy (non-hydrogen) atoms. The molecule has 3 rings (SSSR count). The lowest BCUT2D eigenvalue weighted by Gasteiger charge is -2.11. The molecule has 0 saturated heterocycles. The number of ether oxygens (including phenoxy) is 1. The molecule has 2 N–H and O–H groups in total. The van der Waals surface area contributed by atoms with Crippen molar-refractivity contribution in [1.29, 1.82) is 0 Å². The predicted molar refractivity (Wildman–Crippen MR) is 115 cm³/mol. The van der Waals surface area contributed by atoms with Gasteiger partial charge in [0.15, 0.2) is 0 Å². The second-order valence-corrected chi connectivity index (χ2v) is 8.50. The van der Waals surface area contributed by atoms with Gasteiger partial charge in [-0.25, -0.2) is 28.1 Å². The zero-order valence-corrected chi connectivity index (χ0v) is 18.3. The Kier molecular flexibility index (Phi) is 6.68. The van der Waals surface area contributed by atoms with E-state index in [0.29, 0.717) is 30.5 Å². The van der Waals surface area contributed by atoms with E-state index in [1.807, 2.05) is 32.3 Å². The fourth-order valence-electron chi connectivity index (χ4n) is 2.87. The SMILES string of the molecule is CCOc1ccc(S(=O)(=O)NCCNc2cc(-n3cnc(C)c3C)ncn2)cc1C. The van der Waals surface area contributed by atoms with Crippen LogP contribution in [0.1, 0.15) is 23.9 Å². The van der Waals surface area contributed by atoms with Crippen LogP contribution in [0.15, 0.2) is 41.8 Å². The van der Waals surface area contributed by atoms with Gasteiger partial charge in [0.2, 0.25) is 10.0 Å². The zero-order valence-electron chi connectivity index (χ0n) is 17.5. The number of aryl methyl sites for hydroxylation is 2. The van der Waals surface area contributed by atoms with Crippen molar-refractivity contribution < 1.29 is 13.2 Å². The van der Waals surface area contributed by atoms with Crippen LogP contribution in [0.2, 0.25) is 0 Å². The van der Waals surface area contributed by atoms with Gasteiger partial charge in [0.05, 0.1) is 17.2 Å². The molecule has 0 amide bonds. The lowest BCUT2D eigenvalue weighted by molar-refractivity contribution is 0.337. The first-order valence-electron chi connectivity index (χ1n) is 9.61. The molecule has 0 aliphatic rings. The first kappa shape index (κ1) is 21.7. The van der Waals surface area contributed by atoms with Crippen LogP contribution in [0.3, 0.4) is 0 Å². The summed E-state index contributed by atoms with van der Waals surface area (Å²) in [5, 5.41) is 3.11. The van der Waals surface area contributed by atoms with E-state index in [0.717, 1.165) is 17.0 Å². The van der Waals surface area contributed by atoms with Crippen LogP contribution >= 0.6 is 0 Å². The smallest absolute Gasteiger partial charge is 0.240 e. The van der Waals surface area contributed by atoms with Crippen molar-refractivity contribution >= 4 is 15.8 Å². The number of anilines is 1. The van der Waals surface area contributed by atoms with Crippen molar-refractivity contribution in [2.45, 2.75) is 32.6 Å². The van der Waals surface area contributed by atoms with Gasteiger partial charge in [0, 0.05) is 24.8 Å². The molecule has 160 valence electrons. The van der Waals surface area contributed by atoms with Crippen LogP contribution in [-0.4, -0.2) is 47.6 Å². The van der Waals surface area contributed by atoms with Gasteiger partial charge in [-0.15, -0.1) is 0 Å². The van der Waals surface area contributed by atoms with E-state index in [1.165, 1.54) is 6.33 Å². The Morgan fingerprint density at radius 1 is 1.07 bits per heavy atom. The normalized spacial score (nSPS) is 11.5. The van der Waals surface area contributed by atoms with Gasteiger partial charge in [0.1, 0.15) is 30.0 Å². The van der Waals surface area contributed by atoms with Crippen molar-refractivity contribution in [2.24, 2.45) is 0 Å². The standard InChI is InChI=1S/C20H26N6O3S/c1-5-29-18-7-6-17(10-14(18)2)30(27,28)25-9-8-21-19-11-20(23-12-22-19)26-13-24-15(3)16(26)4/h6-7,10-13,25H,5,8-9H2,1-4H3,(H,21,22,23). The lowest BCUT2D eigenvalue weighted by atomic mass is 10.2. The highest BCUT2D eigenvalue weighted by Gasteiger charge is 2.15. The van der Waals surface area contributed by atoms with E-state index in [9.17, 15) is 8.42 Å². The van der Waals surface area contributed by atoms with Gasteiger partial charge >= 0.3 is 0 Å². The molecule has 0 aliphatic heterocycles. The van der Waals surface area contributed by atoms with Crippen LogP contribution in [0.5, 0.6) is 5.75 Å². The van der Waals surface area contributed by atoms with Crippen molar-refractivity contribution in [3.8, 4) is 11.6 Å². The molecule has 9 nitrogen and oxygen atoms in total. The Morgan fingerprint density at radius 2 is 1.87 bits per heavy atom. The number of hydrogen-bond acceptors (Lipinski definition) is 7. The van der Waals surface area contributed by atoms with Gasteiger partial charge in [0.25, 0.3) is 0 Å². The average molecular weight is 431 g/mol. The fourth-order valence-corrected chi connectivity index (χ4v) is 3.99. The molecule has 0 aliphatic carbocycles. The number of hydrogen-bond donors (Lipinski definition) is 2. The minimum atomic E-state index is -3.61. The van der Waals surface area contributed by atoms with E-state index in [1.54, 1.807) is 30.6 Å². The monoisotopic (exact) mass is 430 g/mol. The quantitative estimate of drug-likeness (QED) is 0.501. The minimum Gasteiger partial charge on any atom is -0.494 e. The molecule has 0 unspecified atom stereocenters. The summed E-state index contributed by atoms with van der Waals surface area (Å²) in [6, 6.07) is 6.61. The largest absolute Gasteiger partial charge is 0.494 e. The summed E-state index contributed by atoms with van der Waals surface area (Å²) in [5.74, 6) is 1.97. The molecule has 10 heteroatoms. The molecule has 3 aromatic rings. The second kappa shape index (κ2) is 9.23. The Hall–Kier alpha value is -2.98. The Balaban J connectivity index is 1.59. The number of aromatic nitrogens is 4. The van der Waals surface area contributed by atoms with E-state index in [-0.39, 0.29) is 11.4 Å².